The summed E-state index contributed by atoms with van der Waals surface area (Å²) in [4.78, 5) is 18.5. The van der Waals surface area contributed by atoms with E-state index in [9.17, 15) is 17.6 Å². The van der Waals surface area contributed by atoms with Crippen LogP contribution in [0.5, 0.6) is 0 Å². The van der Waals surface area contributed by atoms with E-state index in [4.69, 9.17) is 4.52 Å². The number of thiophene rings is 1. The van der Waals surface area contributed by atoms with Crippen molar-refractivity contribution < 1.29 is 22.1 Å². The molecule has 0 spiro atoms. The van der Waals surface area contributed by atoms with Gasteiger partial charge in [-0.2, -0.15) is 9.29 Å². The number of benzene rings is 1. The smallest absolute Gasteiger partial charge is 0.244 e. The molecule has 1 fully saturated rings. The molecule has 1 aliphatic heterocycles. The van der Waals surface area contributed by atoms with E-state index in [-0.39, 0.29) is 17.3 Å². The number of piperidine rings is 1. The largest absolute Gasteiger partial charge is 0.339 e. The van der Waals surface area contributed by atoms with E-state index in [1.807, 2.05) is 6.92 Å². The summed E-state index contributed by atoms with van der Waals surface area (Å²) in [6.45, 7) is 5.67. The van der Waals surface area contributed by atoms with Crippen LogP contribution in [0.1, 0.15) is 36.1 Å². The molecule has 1 amide bonds. The molecule has 3 heterocycles. The van der Waals surface area contributed by atoms with Crippen LogP contribution in [0.4, 0.5) is 10.1 Å². The van der Waals surface area contributed by atoms with Crippen LogP contribution in [0.25, 0.3) is 10.7 Å². The Hall–Kier alpha value is -2.63. The van der Waals surface area contributed by atoms with Gasteiger partial charge in [0.25, 0.3) is 0 Å². The van der Waals surface area contributed by atoms with Crippen molar-refractivity contribution in [3.63, 3.8) is 0 Å². The maximum Gasteiger partial charge on any atom is 0.244 e. The highest BCUT2D eigenvalue weighted by atomic mass is 32.2. The van der Waals surface area contributed by atoms with E-state index < -0.39 is 21.8 Å². The van der Waals surface area contributed by atoms with Crippen LogP contribution in [-0.2, 0) is 21.2 Å². The number of hydrogen-bond donors (Lipinski definition) is 1. The number of carbonyl (C=O) groups excluding carboxylic acids is 1. The van der Waals surface area contributed by atoms with Crippen molar-refractivity contribution in [1.82, 2.24) is 14.4 Å². The zero-order valence-corrected chi connectivity index (χ0v) is 20.2. The number of halogens is 1. The minimum Gasteiger partial charge on any atom is -0.339 e. The lowest BCUT2D eigenvalue weighted by Gasteiger charge is -2.31. The van der Waals surface area contributed by atoms with Crippen molar-refractivity contribution in [3.05, 3.63) is 46.4 Å². The second kappa shape index (κ2) is 9.32. The molecule has 0 saturated carbocycles. The summed E-state index contributed by atoms with van der Waals surface area (Å²) in [7, 11) is -3.81. The molecule has 3 aromatic rings. The Morgan fingerprint density at radius 3 is 2.82 bits per heavy atom. The number of aromatic nitrogens is 2. The lowest BCUT2D eigenvalue weighted by molar-refractivity contribution is -0.120. The van der Waals surface area contributed by atoms with Gasteiger partial charge in [0, 0.05) is 30.1 Å². The summed E-state index contributed by atoms with van der Waals surface area (Å²) >= 11 is 1.29. The second-order valence-corrected chi connectivity index (χ2v) is 11.2. The zero-order chi connectivity index (χ0) is 23.8. The molecule has 0 radical (unpaired) electrons. The number of amides is 1. The summed E-state index contributed by atoms with van der Waals surface area (Å²) < 4.78 is 47.1. The molecule has 4 rings (SSSR count). The number of carbonyl (C=O) groups is 1. The zero-order valence-electron chi connectivity index (χ0n) is 18.6. The van der Waals surface area contributed by atoms with Gasteiger partial charge >= 0.3 is 0 Å². The van der Waals surface area contributed by atoms with Crippen LogP contribution in [-0.4, -0.2) is 41.9 Å². The van der Waals surface area contributed by atoms with E-state index in [0.717, 1.165) is 0 Å². The molecule has 1 saturated heterocycles. The van der Waals surface area contributed by atoms with Gasteiger partial charge in [0.1, 0.15) is 5.82 Å². The quantitative estimate of drug-likeness (QED) is 0.554. The lowest BCUT2D eigenvalue weighted by Crippen LogP contribution is -2.43. The van der Waals surface area contributed by atoms with E-state index in [1.54, 1.807) is 32.0 Å². The molecule has 0 aliphatic carbocycles. The Kier molecular flexibility index (Phi) is 6.64. The molecule has 1 atom stereocenters. The third kappa shape index (κ3) is 4.85. The topological polar surface area (TPSA) is 105 Å². The molecule has 0 unspecified atom stereocenters. The van der Waals surface area contributed by atoms with E-state index >= 15 is 0 Å². The number of nitrogens with zero attached hydrogens (tertiary/aromatic N) is 3. The molecule has 176 valence electrons. The van der Waals surface area contributed by atoms with Crippen LogP contribution in [0.15, 0.2) is 33.7 Å². The minimum absolute atomic E-state index is 0.0648. The molecule has 33 heavy (non-hydrogen) atoms. The van der Waals surface area contributed by atoms with Gasteiger partial charge in [0.2, 0.25) is 27.6 Å². The molecule has 2 aromatic heterocycles. The average molecular weight is 493 g/mol. The highest BCUT2D eigenvalue weighted by Gasteiger charge is 2.35. The Bertz CT molecular complexity index is 1290. The van der Waals surface area contributed by atoms with E-state index in [2.05, 4.69) is 15.5 Å². The van der Waals surface area contributed by atoms with Crippen LogP contribution < -0.4 is 5.32 Å². The summed E-state index contributed by atoms with van der Waals surface area (Å²) in [6, 6.07) is 6.06. The maximum atomic E-state index is 13.8. The van der Waals surface area contributed by atoms with E-state index in [1.165, 1.54) is 21.7 Å². The normalized spacial score (nSPS) is 17.3. The number of anilines is 1. The Labute approximate surface area is 195 Å². The number of hydrogen-bond acceptors (Lipinski definition) is 7. The highest BCUT2D eigenvalue weighted by molar-refractivity contribution is 7.89. The fraction of sp³-hybridized carbons (Fsp3) is 0.409. The summed E-state index contributed by atoms with van der Waals surface area (Å²) in [6.07, 6.45) is 1.71. The molecule has 1 N–H and O–H groups in total. The molecular formula is C22H25FN4O4S2. The Morgan fingerprint density at radius 1 is 1.33 bits per heavy atom. The van der Waals surface area contributed by atoms with Crippen LogP contribution >= 0.6 is 11.3 Å². The van der Waals surface area contributed by atoms with Gasteiger partial charge in [-0.05, 0) is 50.5 Å². The predicted octanol–water partition coefficient (Wildman–Crippen LogP) is 4.16. The molecule has 1 aromatic carbocycles. The van der Waals surface area contributed by atoms with Gasteiger partial charge in [-0.25, -0.2) is 12.8 Å². The number of sulfonamides is 1. The van der Waals surface area contributed by atoms with Crippen molar-refractivity contribution in [2.24, 2.45) is 5.92 Å². The van der Waals surface area contributed by atoms with Crippen molar-refractivity contribution in [1.29, 1.82) is 0 Å². The fourth-order valence-electron chi connectivity index (χ4n) is 3.76. The third-order valence-corrected chi connectivity index (χ3v) is 8.84. The first-order valence-corrected chi connectivity index (χ1v) is 12.9. The molecule has 11 heteroatoms. The maximum absolute atomic E-state index is 13.8. The van der Waals surface area contributed by atoms with Gasteiger partial charge < -0.3 is 9.84 Å². The second-order valence-electron chi connectivity index (χ2n) is 8.05. The summed E-state index contributed by atoms with van der Waals surface area (Å²) in [5, 5.41) is 6.64. The van der Waals surface area contributed by atoms with Crippen LogP contribution in [0, 0.1) is 25.6 Å². The highest BCUT2D eigenvalue weighted by Crippen LogP contribution is 2.35. The van der Waals surface area contributed by atoms with Gasteiger partial charge in [-0.3, -0.25) is 4.79 Å². The molecule has 1 aliphatic rings. The fourth-order valence-corrected chi connectivity index (χ4v) is 6.77. The van der Waals surface area contributed by atoms with Crippen LogP contribution in [0.3, 0.4) is 0 Å². The SMILES string of the molecule is CCc1nc(-c2cc(S(=O)(=O)N3CCC[C@@H](C(=O)Nc4ccc(C)c(F)c4)C3)c(C)s2)no1. The summed E-state index contributed by atoms with van der Waals surface area (Å²) in [5.74, 6) is -0.404. The first-order chi connectivity index (χ1) is 15.7. The van der Waals surface area contributed by atoms with Crippen molar-refractivity contribution in [2.45, 2.75) is 44.9 Å². The Balaban J connectivity index is 1.51. The average Bonchev–Trinajstić information content (AvgIpc) is 3.43. The predicted molar refractivity (Wildman–Crippen MR) is 123 cm³/mol. The van der Waals surface area contributed by atoms with Crippen LogP contribution in [0.2, 0.25) is 0 Å². The Morgan fingerprint density at radius 2 is 2.12 bits per heavy atom. The van der Waals surface area contributed by atoms with Crippen molar-refractivity contribution >= 4 is 33.0 Å². The first-order valence-electron chi connectivity index (χ1n) is 10.7. The number of aryl methyl sites for hydroxylation is 3. The summed E-state index contributed by atoms with van der Waals surface area (Å²) in [5.41, 5.74) is 0.841. The number of nitrogens with one attached hydrogen (secondary N) is 1. The standard InChI is InChI=1S/C22H25FN4O4S2/c1-4-20-25-21(26-31-20)18-11-19(14(3)32-18)33(29,30)27-9-5-6-15(12-27)22(28)24-16-8-7-13(2)17(23)10-16/h7-8,10-11,15H,4-6,9,12H2,1-3H3,(H,24,28)/t15-/m1/s1. The molecule has 8 nitrogen and oxygen atoms in total. The van der Waals surface area contributed by atoms with Crippen molar-refractivity contribution in [2.75, 3.05) is 18.4 Å². The lowest BCUT2D eigenvalue weighted by atomic mass is 9.98. The van der Waals surface area contributed by atoms with Gasteiger partial charge in [-0.15, -0.1) is 11.3 Å². The molecule has 0 bridgehead atoms. The van der Waals surface area contributed by atoms with E-state index in [0.29, 0.717) is 58.5 Å². The van der Waals surface area contributed by atoms with Crippen molar-refractivity contribution in [3.8, 4) is 10.7 Å². The van der Waals surface area contributed by atoms with Gasteiger partial charge in [0.15, 0.2) is 0 Å². The monoisotopic (exact) mass is 492 g/mol. The third-order valence-electron chi connectivity index (χ3n) is 5.68. The van der Waals surface area contributed by atoms with Gasteiger partial charge in [0.05, 0.1) is 15.7 Å². The molecular weight excluding hydrogens is 467 g/mol. The van der Waals surface area contributed by atoms with Gasteiger partial charge in [-0.1, -0.05) is 18.1 Å². The minimum atomic E-state index is -3.81. The first kappa shape index (κ1) is 23.5. The number of rotatable bonds is 6.